The number of rotatable bonds is 9. The number of likely N-dealkylation sites (tertiary alicyclic amines) is 1. The first-order valence-electron chi connectivity index (χ1n) is 10.2. The number of amides is 1. The molecule has 1 aromatic rings. The van der Waals surface area contributed by atoms with Crippen LogP contribution in [-0.4, -0.2) is 68.7 Å². The van der Waals surface area contributed by atoms with E-state index in [4.69, 9.17) is 9.47 Å². The van der Waals surface area contributed by atoms with E-state index >= 15 is 0 Å². The van der Waals surface area contributed by atoms with E-state index in [-0.39, 0.29) is 11.9 Å². The van der Waals surface area contributed by atoms with Gasteiger partial charge in [-0.2, -0.15) is 0 Å². The maximum Gasteiger partial charge on any atom is 0.238 e. The Morgan fingerprint density at radius 1 is 1.07 bits per heavy atom. The maximum absolute atomic E-state index is 12.3. The summed E-state index contributed by atoms with van der Waals surface area (Å²) < 4.78 is 10.6. The number of carbonyl (C=O) groups excluding carboxylic acids is 1. The molecular weight excluding hydrogens is 342 g/mol. The van der Waals surface area contributed by atoms with Crippen LogP contribution in [0.25, 0.3) is 0 Å². The second-order valence-corrected chi connectivity index (χ2v) is 7.57. The van der Waals surface area contributed by atoms with Crippen molar-refractivity contribution < 1.29 is 14.3 Å². The van der Waals surface area contributed by atoms with Crippen molar-refractivity contribution in [2.24, 2.45) is 0 Å². The molecule has 2 saturated heterocycles. The van der Waals surface area contributed by atoms with Gasteiger partial charge in [-0.1, -0.05) is 12.8 Å². The van der Waals surface area contributed by atoms with Crippen LogP contribution in [0.5, 0.6) is 11.5 Å². The molecule has 27 heavy (non-hydrogen) atoms. The van der Waals surface area contributed by atoms with E-state index in [1.165, 1.54) is 38.8 Å². The average molecular weight is 376 g/mol. The summed E-state index contributed by atoms with van der Waals surface area (Å²) in [6.45, 7) is 5.85. The van der Waals surface area contributed by atoms with Crippen molar-refractivity contribution in [1.82, 2.24) is 15.1 Å². The van der Waals surface area contributed by atoms with E-state index in [2.05, 4.69) is 15.1 Å². The molecule has 2 aliphatic rings. The molecule has 0 aromatic heterocycles. The summed E-state index contributed by atoms with van der Waals surface area (Å²) in [5.74, 6) is 1.71. The van der Waals surface area contributed by atoms with Crippen molar-refractivity contribution >= 4 is 5.91 Å². The van der Waals surface area contributed by atoms with Gasteiger partial charge in [0.05, 0.1) is 14.2 Å². The molecule has 1 amide bonds. The summed E-state index contributed by atoms with van der Waals surface area (Å²) in [5.41, 5.74) is 1.10. The fourth-order valence-corrected chi connectivity index (χ4v) is 3.78. The van der Waals surface area contributed by atoms with E-state index in [9.17, 15) is 4.79 Å². The van der Waals surface area contributed by atoms with Crippen LogP contribution in [0.2, 0.25) is 0 Å². The Labute approximate surface area is 162 Å². The van der Waals surface area contributed by atoms with E-state index in [1.807, 2.05) is 18.2 Å². The SMILES string of the molecule is COc1cc(CN2CC2C(=O)NCCCN2CCCCCC2)cc(OC)c1. The number of methoxy groups -OCH3 is 2. The molecule has 2 heterocycles. The first-order chi connectivity index (χ1) is 13.2. The Hall–Kier alpha value is -1.79. The molecule has 0 spiro atoms. The Bertz CT molecular complexity index is 592. The largest absolute Gasteiger partial charge is 0.497 e. The Morgan fingerprint density at radius 3 is 2.37 bits per heavy atom. The molecule has 0 radical (unpaired) electrons. The van der Waals surface area contributed by atoms with Gasteiger partial charge in [0.25, 0.3) is 0 Å². The molecule has 1 aromatic carbocycles. The highest BCUT2D eigenvalue weighted by Crippen LogP contribution is 2.27. The minimum absolute atomic E-state index is 0.000354. The van der Waals surface area contributed by atoms with Crippen molar-refractivity contribution in [2.75, 3.05) is 46.9 Å². The van der Waals surface area contributed by atoms with Gasteiger partial charge in [0.1, 0.15) is 17.5 Å². The monoisotopic (exact) mass is 375 g/mol. The molecular formula is C21H33N3O3. The van der Waals surface area contributed by atoms with Gasteiger partial charge < -0.3 is 19.7 Å². The fraction of sp³-hybridized carbons (Fsp3) is 0.667. The van der Waals surface area contributed by atoms with Crippen molar-refractivity contribution in [3.8, 4) is 11.5 Å². The Morgan fingerprint density at radius 2 is 1.74 bits per heavy atom. The van der Waals surface area contributed by atoms with Crippen LogP contribution in [0.1, 0.15) is 37.7 Å². The molecule has 0 bridgehead atoms. The number of benzene rings is 1. The second kappa shape index (κ2) is 9.95. The van der Waals surface area contributed by atoms with Crippen LogP contribution < -0.4 is 14.8 Å². The molecule has 2 aliphatic heterocycles. The minimum atomic E-state index is 0.000354. The lowest BCUT2D eigenvalue weighted by molar-refractivity contribution is -0.121. The minimum Gasteiger partial charge on any atom is -0.497 e. The van der Waals surface area contributed by atoms with E-state index in [0.29, 0.717) is 0 Å². The quantitative estimate of drug-likeness (QED) is 0.530. The predicted octanol–water partition coefficient (Wildman–Crippen LogP) is 2.27. The van der Waals surface area contributed by atoms with Gasteiger partial charge in [-0.15, -0.1) is 0 Å². The van der Waals surface area contributed by atoms with E-state index in [1.54, 1.807) is 14.2 Å². The summed E-state index contributed by atoms with van der Waals surface area (Å²) in [6.07, 6.45) is 6.40. The summed E-state index contributed by atoms with van der Waals surface area (Å²) in [4.78, 5) is 17.0. The third-order valence-electron chi connectivity index (χ3n) is 5.46. The smallest absolute Gasteiger partial charge is 0.238 e. The second-order valence-electron chi connectivity index (χ2n) is 7.57. The first-order valence-corrected chi connectivity index (χ1v) is 10.2. The lowest BCUT2D eigenvalue weighted by atomic mass is 10.2. The number of ether oxygens (including phenoxy) is 2. The molecule has 2 atom stereocenters. The zero-order valence-electron chi connectivity index (χ0n) is 16.7. The fourth-order valence-electron chi connectivity index (χ4n) is 3.78. The van der Waals surface area contributed by atoms with Crippen molar-refractivity contribution in [1.29, 1.82) is 0 Å². The van der Waals surface area contributed by atoms with Gasteiger partial charge >= 0.3 is 0 Å². The molecule has 3 rings (SSSR count). The van der Waals surface area contributed by atoms with E-state index in [0.717, 1.165) is 49.7 Å². The van der Waals surface area contributed by atoms with Crippen LogP contribution in [0.3, 0.4) is 0 Å². The van der Waals surface area contributed by atoms with Gasteiger partial charge in [0.2, 0.25) is 5.91 Å². The Kier molecular flexibility index (Phi) is 7.35. The first kappa shape index (κ1) is 20.0. The van der Waals surface area contributed by atoms with Gasteiger partial charge in [0.15, 0.2) is 0 Å². The van der Waals surface area contributed by atoms with Gasteiger partial charge in [-0.25, -0.2) is 0 Å². The van der Waals surface area contributed by atoms with Crippen molar-refractivity contribution in [3.05, 3.63) is 23.8 Å². The number of nitrogens with one attached hydrogen (secondary N) is 1. The highest BCUT2D eigenvalue weighted by molar-refractivity contribution is 5.84. The topological polar surface area (TPSA) is 53.8 Å². The average Bonchev–Trinajstić information content (AvgIpc) is 3.48. The van der Waals surface area contributed by atoms with Crippen molar-refractivity contribution in [2.45, 2.75) is 44.7 Å². The normalized spacial score (nSPS) is 22.7. The summed E-state index contributed by atoms with van der Waals surface area (Å²) in [6, 6.07) is 5.86. The molecule has 6 heteroatoms. The van der Waals surface area contributed by atoms with Crippen molar-refractivity contribution in [3.63, 3.8) is 0 Å². The standard InChI is InChI=1S/C21H33N3O3/c1-26-18-12-17(13-19(14-18)27-2)15-24-16-20(24)21(25)22-8-7-11-23-9-5-3-4-6-10-23/h12-14,20H,3-11,15-16H2,1-2H3,(H,22,25). The van der Waals surface area contributed by atoms with Gasteiger partial charge in [-0.3, -0.25) is 9.69 Å². The highest BCUT2D eigenvalue weighted by atomic mass is 16.5. The molecule has 150 valence electrons. The van der Waals surface area contributed by atoms with E-state index < -0.39 is 0 Å². The Balaban J connectivity index is 1.36. The third-order valence-corrected chi connectivity index (χ3v) is 5.46. The highest BCUT2D eigenvalue weighted by Gasteiger charge is 2.39. The number of nitrogens with zero attached hydrogens (tertiary/aromatic N) is 2. The van der Waals surface area contributed by atoms with Crippen LogP contribution in [-0.2, 0) is 11.3 Å². The van der Waals surface area contributed by atoms with Gasteiger partial charge in [-0.05, 0) is 56.6 Å². The molecule has 1 N–H and O–H groups in total. The van der Waals surface area contributed by atoms with Crippen LogP contribution in [0, 0.1) is 0 Å². The predicted molar refractivity (Wildman–Crippen MR) is 106 cm³/mol. The van der Waals surface area contributed by atoms with Gasteiger partial charge in [0, 0.05) is 25.7 Å². The summed E-state index contributed by atoms with van der Waals surface area (Å²) in [7, 11) is 3.30. The number of carbonyl (C=O) groups is 1. The summed E-state index contributed by atoms with van der Waals surface area (Å²) in [5, 5.41) is 3.10. The molecule has 2 fully saturated rings. The molecule has 0 saturated carbocycles. The van der Waals surface area contributed by atoms with Crippen LogP contribution in [0.15, 0.2) is 18.2 Å². The zero-order valence-corrected chi connectivity index (χ0v) is 16.7. The zero-order chi connectivity index (χ0) is 19.1. The van der Waals surface area contributed by atoms with Crippen LogP contribution in [0.4, 0.5) is 0 Å². The maximum atomic E-state index is 12.3. The third kappa shape index (κ3) is 6.11. The lowest BCUT2D eigenvalue weighted by Crippen LogP contribution is -2.33. The lowest BCUT2D eigenvalue weighted by Gasteiger charge is -2.19. The molecule has 0 aliphatic carbocycles. The summed E-state index contributed by atoms with van der Waals surface area (Å²) >= 11 is 0. The molecule has 6 nitrogen and oxygen atoms in total. The molecule has 2 unspecified atom stereocenters. The van der Waals surface area contributed by atoms with Crippen LogP contribution >= 0.6 is 0 Å². The number of hydrogen-bond acceptors (Lipinski definition) is 5. The number of hydrogen-bond donors (Lipinski definition) is 1.